The van der Waals surface area contributed by atoms with Crippen molar-refractivity contribution in [3.8, 4) is 45.6 Å². The van der Waals surface area contributed by atoms with Gasteiger partial charge in [0.1, 0.15) is 11.3 Å². The third kappa shape index (κ3) is 6.87. The monoisotopic (exact) mass is 937 g/mol. The van der Waals surface area contributed by atoms with Gasteiger partial charge in [0.05, 0.1) is 0 Å². The summed E-state index contributed by atoms with van der Waals surface area (Å²) in [6.45, 7) is 27.4. The molecule has 354 valence electrons. The molecule has 8 bridgehead atoms. The van der Waals surface area contributed by atoms with Gasteiger partial charge in [-0.2, -0.15) is 0 Å². The SMILES string of the molecule is CC(C)(C)c1cccc2cc3c(cc12)-c1nc2nc(nc4[nH]c(cc5[nH]c(nc-3n1)c1cc3c(C(C)(C)C)cccc3cc51)c1cc3c(C(C)(C)C)cccc3cc41)-c1cc3c(C(C)(C)C)cccc3cc1-2. The van der Waals surface area contributed by atoms with E-state index in [1.165, 1.54) is 54.6 Å². The highest BCUT2D eigenvalue weighted by molar-refractivity contribution is 6.16. The van der Waals surface area contributed by atoms with E-state index in [-0.39, 0.29) is 21.7 Å². The molecule has 0 radical (unpaired) electrons. The van der Waals surface area contributed by atoms with Crippen LogP contribution in [0.3, 0.4) is 0 Å². The largest absolute Gasteiger partial charge is 0.339 e. The first-order chi connectivity index (χ1) is 34.2. The Morgan fingerprint density at radius 1 is 0.278 bits per heavy atom. The molecule has 7 heteroatoms. The Morgan fingerprint density at radius 3 is 0.958 bits per heavy atom. The minimum absolute atomic E-state index is 0.0709. The predicted octanol–water partition coefficient (Wildman–Crippen LogP) is 17.3. The van der Waals surface area contributed by atoms with E-state index < -0.39 is 0 Å². The minimum atomic E-state index is -0.0928. The van der Waals surface area contributed by atoms with E-state index >= 15 is 0 Å². The van der Waals surface area contributed by atoms with Gasteiger partial charge in [0.15, 0.2) is 23.3 Å². The van der Waals surface area contributed by atoms with Crippen LogP contribution in [0.4, 0.5) is 0 Å². The van der Waals surface area contributed by atoms with Gasteiger partial charge in [0.2, 0.25) is 0 Å². The first-order valence-electron chi connectivity index (χ1n) is 25.4. The number of fused-ring (bicyclic) bond motifs is 24. The molecule has 8 aromatic carbocycles. The molecule has 0 saturated carbocycles. The third-order valence-corrected chi connectivity index (χ3v) is 15.2. The zero-order valence-corrected chi connectivity index (χ0v) is 43.4. The van der Waals surface area contributed by atoms with Crippen LogP contribution in [-0.2, 0) is 21.7 Å². The number of rotatable bonds is 0. The average Bonchev–Trinajstić information content (AvgIpc) is 4.04. The lowest BCUT2D eigenvalue weighted by Crippen LogP contribution is -2.11. The van der Waals surface area contributed by atoms with E-state index in [4.69, 9.17) is 24.9 Å². The van der Waals surface area contributed by atoms with E-state index in [1.54, 1.807) is 0 Å². The number of aromatic nitrogens is 7. The van der Waals surface area contributed by atoms with Crippen molar-refractivity contribution in [3.05, 3.63) is 150 Å². The molecule has 0 amide bonds. The number of hydrogen-bond acceptors (Lipinski definition) is 5. The Labute approximate surface area is 419 Å². The van der Waals surface area contributed by atoms with Crippen LogP contribution in [-0.4, -0.2) is 34.9 Å². The van der Waals surface area contributed by atoms with Crippen LogP contribution < -0.4 is 0 Å². The van der Waals surface area contributed by atoms with Crippen LogP contribution in [0.1, 0.15) is 105 Å². The summed E-state index contributed by atoms with van der Waals surface area (Å²) in [5, 5.41) is 13.6. The van der Waals surface area contributed by atoms with Gasteiger partial charge in [-0.15, -0.1) is 0 Å². The summed E-state index contributed by atoms with van der Waals surface area (Å²) in [4.78, 5) is 35.3. The molecule has 0 atom stereocenters. The van der Waals surface area contributed by atoms with Gasteiger partial charge in [-0.1, -0.05) is 156 Å². The van der Waals surface area contributed by atoms with Crippen LogP contribution in [0.25, 0.3) is 133 Å². The summed E-state index contributed by atoms with van der Waals surface area (Å²) < 4.78 is 0. The van der Waals surface area contributed by atoms with Crippen molar-refractivity contribution in [2.45, 2.75) is 105 Å². The van der Waals surface area contributed by atoms with Crippen LogP contribution in [0, 0.1) is 0 Å². The number of H-pyrrole nitrogens is 2. The van der Waals surface area contributed by atoms with Crippen molar-refractivity contribution < 1.29 is 0 Å². The molecule has 5 heterocycles. The van der Waals surface area contributed by atoms with Gasteiger partial charge in [0, 0.05) is 54.8 Å². The molecule has 2 N–H and O–H groups in total. The first kappa shape index (κ1) is 44.2. The molecule has 7 nitrogen and oxygen atoms in total. The lowest BCUT2D eigenvalue weighted by molar-refractivity contribution is 0.595. The van der Waals surface area contributed by atoms with E-state index in [2.05, 4.69) is 220 Å². The molecular weight excluding hydrogens is 879 g/mol. The highest BCUT2D eigenvalue weighted by Gasteiger charge is 2.28. The molecule has 0 saturated heterocycles. The van der Waals surface area contributed by atoms with E-state index in [0.717, 1.165) is 76.9 Å². The fraction of sp³-hybridized carbons (Fsp3) is 0.246. The summed E-state index contributed by atoms with van der Waals surface area (Å²) in [6.07, 6.45) is 0. The van der Waals surface area contributed by atoms with Crippen molar-refractivity contribution in [1.29, 1.82) is 0 Å². The molecule has 72 heavy (non-hydrogen) atoms. The molecule has 0 fully saturated rings. The standard InChI is InChI=1S/C65H59N7/c1-62(2,3)50-21-14-18-35-26-44-43(29-38(35)50)55-33-54-42-25-34-17-13-22-51(63(4,5)6)39(34)30-47(42)57(66-54)69-58-45-27-36-19-15-24-53(65(10,11)12)41(36)32-49(45)61(70-58)72-59-46-28-37-20-16-23-52(64(7,8)9)40(37)31-48(46)60(71-59)68-56(44)67-55/h13-33H,1-12H3,(H2,66,67,68,69,70,71,72). The van der Waals surface area contributed by atoms with Crippen molar-refractivity contribution in [2.24, 2.45) is 0 Å². The fourth-order valence-corrected chi connectivity index (χ4v) is 11.7. The lowest BCUT2D eigenvalue weighted by atomic mass is 9.83. The molecule has 2 aliphatic heterocycles. The Bertz CT molecular complexity index is 4370. The second-order valence-corrected chi connectivity index (χ2v) is 24.5. The van der Waals surface area contributed by atoms with E-state index in [9.17, 15) is 0 Å². The first-order valence-corrected chi connectivity index (χ1v) is 25.4. The number of hydrogen-bond donors (Lipinski definition) is 2. The molecule has 0 spiro atoms. The number of aromatic amines is 2. The van der Waals surface area contributed by atoms with Gasteiger partial charge in [-0.25, -0.2) is 24.9 Å². The van der Waals surface area contributed by atoms with Crippen molar-refractivity contribution in [1.82, 2.24) is 34.9 Å². The number of benzene rings is 8. The molecule has 0 aliphatic carbocycles. The minimum Gasteiger partial charge on any atom is -0.339 e. The smallest absolute Gasteiger partial charge is 0.164 e. The van der Waals surface area contributed by atoms with Gasteiger partial charge in [0.25, 0.3) is 0 Å². The topological polar surface area (TPSA) is 96.0 Å². The van der Waals surface area contributed by atoms with Crippen LogP contribution >= 0.6 is 0 Å². The van der Waals surface area contributed by atoms with Crippen molar-refractivity contribution in [3.63, 3.8) is 0 Å². The van der Waals surface area contributed by atoms with Gasteiger partial charge < -0.3 is 9.97 Å². The molecular formula is C65H59N7. The Balaban J connectivity index is 1.23. The van der Waals surface area contributed by atoms with Crippen LogP contribution in [0.15, 0.2) is 127 Å². The zero-order chi connectivity index (χ0) is 50.0. The third-order valence-electron chi connectivity index (χ3n) is 15.2. The van der Waals surface area contributed by atoms with Crippen LogP contribution in [0.5, 0.6) is 0 Å². The Hall–Kier alpha value is -7.77. The van der Waals surface area contributed by atoms with Gasteiger partial charge in [-0.3, -0.25) is 0 Å². The van der Waals surface area contributed by atoms with Gasteiger partial charge >= 0.3 is 0 Å². The van der Waals surface area contributed by atoms with Crippen molar-refractivity contribution >= 4 is 87.0 Å². The quantitative estimate of drug-likeness (QED) is 0.158. The summed E-state index contributed by atoms with van der Waals surface area (Å²) >= 11 is 0. The average molecular weight is 938 g/mol. The van der Waals surface area contributed by atoms with E-state index in [1.807, 2.05) is 0 Å². The Kier molecular flexibility index (Phi) is 9.14. The molecule has 2 aliphatic rings. The summed E-state index contributed by atoms with van der Waals surface area (Å²) in [5.41, 5.74) is 11.9. The summed E-state index contributed by atoms with van der Waals surface area (Å²) in [6, 6.07) is 47.2. The summed E-state index contributed by atoms with van der Waals surface area (Å²) in [7, 11) is 0. The second kappa shape index (κ2) is 14.9. The maximum atomic E-state index is 5.58. The Morgan fingerprint density at radius 2 is 0.569 bits per heavy atom. The fourth-order valence-electron chi connectivity index (χ4n) is 11.7. The molecule has 11 aromatic rings. The molecule has 13 rings (SSSR count). The number of nitrogens with zero attached hydrogens (tertiary/aromatic N) is 5. The van der Waals surface area contributed by atoms with Gasteiger partial charge in [-0.05, 0) is 142 Å². The lowest BCUT2D eigenvalue weighted by Gasteiger charge is -2.22. The highest BCUT2D eigenvalue weighted by atomic mass is 15.0. The summed E-state index contributed by atoms with van der Waals surface area (Å²) in [5.74, 6) is 2.36. The maximum Gasteiger partial charge on any atom is 0.164 e. The molecule has 0 unspecified atom stereocenters. The predicted molar refractivity (Wildman–Crippen MR) is 303 cm³/mol. The molecule has 3 aromatic heterocycles. The number of nitrogens with one attached hydrogen (secondary N) is 2. The maximum absolute atomic E-state index is 5.58. The highest BCUT2D eigenvalue weighted by Crippen LogP contribution is 2.45. The second-order valence-electron chi connectivity index (χ2n) is 24.5. The normalized spacial score (nSPS) is 13.3. The van der Waals surface area contributed by atoms with Crippen molar-refractivity contribution in [2.75, 3.05) is 0 Å². The van der Waals surface area contributed by atoms with Crippen LogP contribution in [0.2, 0.25) is 0 Å². The zero-order valence-electron chi connectivity index (χ0n) is 43.4. The van der Waals surface area contributed by atoms with E-state index in [0.29, 0.717) is 23.3 Å².